The summed E-state index contributed by atoms with van der Waals surface area (Å²) in [6.45, 7) is 1.66. The number of halogens is 2. The normalized spacial score (nSPS) is 10.7. The summed E-state index contributed by atoms with van der Waals surface area (Å²) in [6.07, 6.45) is 1.13. The average molecular weight is 279 g/mol. The van der Waals surface area contributed by atoms with Crippen LogP contribution in [0.1, 0.15) is 6.92 Å². The van der Waals surface area contributed by atoms with Gasteiger partial charge in [-0.3, -0.25) is 0 Å². The summed E-state index contributed by atoms with van der Waals surface area (Å²) in [7, 11) is -3.63. The summed E-state index contributed by atoms with van der Waals surface area (Å²) < 4.78 is 25.6. The molecule has 0 aliphatic carbocycles. The van der Waals surface area contributed by atoms with Crippen LogP contribution in [0.15, 0.2) is 17.2 Å². The van der Waals surface area contributed by atoms with E-state index in [1.165, 1.54) is 6.07 Å². The molecule has 1 rings (SSSR count). The van der Waals surface area contributed by atoms with Gasteiger partial charge in [-0.05, 0) is 13.0 Å². The van der Waals surface area contributed by atoms with Crippen molar-refractivity contribution in [1.29, 1.82) is 0 Å². The van der Waals surface area contributed by atoms with Crippen LogP contribution in [0.5, 0.6) is 0 Å². The van der Waals surface area contributed by atoms with Gasteiger partial charge in [0, 0.05) is 6.20 Å². The smallest absolute Gasteiger partial charge is 0.242 e. The van der Waals surface area contributed by atoms with Crippen LogP contribution >= 0.6 is 23.2 Å². The Hall–Kier alpha value is -0.800. The van der Waals surface area contributed by atoms with Crippen LogP contribution in [0.4, 0.5) is 0 Å². The van der Waals surface area contributed by atoms with E-state index in [4.69, 9.17) is 23.2 Å². The van der Waals surface area contributed by atoms with Crippen LogP contribution in [0, 0.1) is 11.8 Å². The standard InChI is InChI=1S/C9H8Cl2N2O2S/c1-2-3-4-13-16(14,15)7-5-8(10)9(11)12-6-7/h5-6,13H,4H2,1H3. The van der Waals surface area contributed by atoms with Gasteiger partial charge in [0.25, 0.3) is 0 Å². The lowest BCUT2D eigenvalue weighted by atomic mass is 10.5. The molecule has 1 aromatic heterocycles. The molecule has 0 aliphatic rings. The number of hydrogen-bond donors (Lipinski definition) is 1. The first-order chi connectivity index (χ1) is 7.47. The van der Waals surface area contributed by atoms with Crippen molar-refractivity contribution < 1.29 is 8.42 Å². The number of nitrogens with one attached hydrogen (secondary N) is 1. The molecule has 1 aromatic rings. The van der Waals surface area contributed by atoms with E-state index in [1.54, 1.807) is 6.92 Å². The molecular formula is C9H8Cl2N2O2S. The Labute approximate surface area is 104 Å². The molecule has 1 heterocycles. The van der Waals surface area contributed by atoms with Crippen LogP contribution in [-0.4, -0.2) is 19.9 Å². The molecular weight excluding hydrogens is 271 g/mol. The van der Waals surface area contributed by atoms with Gasteiger partial charge < -0.3 is 0 Å². The molecule has 0 saturated carbocycles. The van der Waals surface area contributed by atoms with E-state index in [2.05, 4.69) is 21.5 Å². The molecule has 0 amide bonds. The molecule has 0 aromatic carbocycles. The van der Waals surface area contributed by atoms with Gasteiger partial charge in [-0.1, -0.05) is 29.1 Å². The Kier molecular flexibility index (Phi) is 4.56. The van der Waals surface area contributed by atoms with E-state index in [-0.39, 0.29) is 21.6 Å². The van der Waals surface area contributed by atoms with Crippen molar-refractivity contribution in [3.63, 3.8) is 0 Å². The molecule has 0 spiro atoms. The molecule has 0 atom stereocenters. The van der Waals surface area contributed by atoms with Crippen molar-refractivity contribution >= 4 is 33.2 Å². The zero-order valence-electron chi connectivity index (χ0n) is 8.29. The maximum absolute atomic E-state index is 11.6. The predicted molar refractivity (Wildman–Crippen MR) is 62.9 cm³/mol. The molecule has 0 unspecified atom stereocenters. The molecule has 0 radical (unpaired) electrons. The highest BCUT2D eigenvalue weighted by atomic mass is 35.5. The Morgan fingerprint density at radius 3 is 2.75 bits per heavy atom. The van der Waals surface area contributed by atoms with Gasteiger partial charge in [0.05, 0.1) is 11.6 Å². The second-order valence-corrected chi connectivity index (χ2v) is 5.23. The minimum atomic E-state index is -3.63. The molecule has 0 saturated heterocycles. The monoisotopic (exact) mass is 278 g/mol. The first-order valence-electron chi connectivity index (χ1n) is 4.17. The third kappa shape index (κ3) is 3.35. The summed E-state index contributed by atoms with van der Waals surface area (Å²) in [5.41, 5.74) is 0. The van der Waals surface area contributed by atoms with Gasteiger partial charge in [0.1, 0.15) is 10.0 Å². The molecule has 0 bridgehead atoms. The molecule has 16 heavy (non-hydrogen) atoms. The van der Waals surface area contributed by atoms with Crippen LogP contribution in [0.2, 0.25) is 10.2 Å². The summed E-state index contributed by atoms with van der Waals surface area (Å²) in [5, 5.41) is 0.153. The number of hydrogen-bond acceptors (Lipinski definition) is 3. The summed E-state index contributed by atoms with van der Waals surface area (Å²) >= 11 is 11.2. The van der Waals surface area contributed by atoms with Crippen molar-refractivity contribution in [2.24, 2.45) is 0 Å². The van der Waals surface area contributed by atoms with Gasteiger partial charge in [-0.15, -0.1) is 5.92 Å². The molecule has 0 aliphatic heterocycles. The maximum atomic E-state index is 11.6. The lowest BCUT2D eigenvalue weighted by Gasteiger charge is -2.04. The Morgan fingerprint density at radius 2 is 2.19 bits per heavy atom. The summed E-state index contributed by atoms with van der Waals surface area (Å²) in [5.74, 6) is 5.15. The lowest BCUT2D eigenvalue weighted by molar-refractivity contribution is 0.585. The minimum Gasteiger partial charge on any atom is -0.242 e. The molecule has 7 heteroatoms. The third-order valence-corrected chi connectivity index (χ3v) is 3.66. The number of sulfonamides is 1. The zero-order chi connectivity index (χ0) is 12.2. The van der Waals surface area contributed by atoms with E-state index in [1.807, 2.05) is 0 Å². The Balaban J connectivity index is 2.97. The van der Waals surface area contributed by atoms with Crippen molar-refractivity contribution in [2.75, 3.05) is 6.54 Å². The van der Waals surface area contributed by atoms with Crippen LogP contribution in [0.25, 0.3) is 0 Å². The Bertz CT molecular complexity index is 546. The average Bonchev–Trinajstić information content (AvgIpc) is 2.22. The van der Waals surface area contributed by atoms with Crippen molar-refractivity contribution in [2.45, 2.75) is 11.8 Å². The van der Waals surface area contributed by atoms with Crippen molar-refractivity contribution in [1.82, 2.24) is 9.71 Å². The van der Waals surface area contributed by atoms with Crippen LogP contribution < -0.4 is 4.72 Å². The number of nitrogens with zero attached hydrogens (tertiary/aromatic N) is 1. The minimum absolute atomic E-state index is 0.0408. The maximum Gasteiger partial charge on any atom is 0.243 e. The highest BCUT2D eigenvalue weighted by Crippen LogP contribution is 2.21. The largest absolute Gasteiger partial charge is 0.243 e. The fourth-order valence-corrected chi connectivity index (χ4v) is 2.08. The van der Waals surface area contributed by atoms with E-state index >= 15 is 0 Å². The third-order valence-electron chi connectivity index (χ3n) is 1.61. The second-order valence-electron chi connectivity index (χ2n) is 2.69. The van der Waals surface area contributed by atoms with Crippen LogP contribution in [0.3, 0.4) is 0 Å². The zero-order valence-corrected chi connectivity index (χ0v) is 10.6. The van der Waals surface area contributed by atoms with E-state index < -0.39 is 10.0 Å². The Morgan fingerprint density at radius 1 is 1.50 bits per heavy atom. The van der Waals surface area contributed by atoms with Gasteiger partial charge >= 0.3 is 0 Å². The second kappa shape index (κ2) is 5.51. The predicted octanol–water partition coefficient (Wildman–Crippen LogP) is 1.69. The first-order valence-corrected chi connectivity index (χ1v) is 6.41. The number of aromatic nitrogens is 1. The van der Waals surface area contributed by atoms with Crippen molar-refractivity contribution in [3.8, 4) is 11.8 Å². The molecule has 0 fully saturated rings. The lowest BCUT2D eigenvalue weighted by Crippen LogP contribution is -2.24. The van der Waals surface area contributed by atoms with E-state index in [9.17, 15) is 8.42 Å². The molecule has 86 valence electrons. The van der Waals surface area contributed by atoms with Gasteiger partial charge in [-0.25, -0.2) is 13.4 Å². The molecule has 4 nitrogen and oxygen atoms in total. The highest BCUT2D eigenvalue weighted by Gasteiger charge is 2.15. The SMILES string of the molecule is CC#CCNS(=O)(=O)c1cnc(Cl)c(Cl)c1. The van der Waals surface area contributed by atoms with Gasteiger partial charge in [0.2, 0.25) is 10.0 Å². The van der Waals surface area contributed by atoms with Crippen molar-refractivity contribution in [3.05, 3.63) is 22.4 Å². The highest BCUT2D eigenvalue weighted by molar-refractivity contribution is 7.89. The summed E-state index contributed by atoms with van der Waals surface area (Å²) in [4.78, 5) is 3.61. The quantitative estimate of drug-likeness (QED) is 0.676. The van der Waals surface area contributed by atoms with E-state index in [0.717, 1.165) is 6.20 Å². The fourth-order valence-electron chi connectivity index (χ4n) is 0.853. The summed E-state index contributed by atoms with van der Waals surface area (Å²) in [6, 6.07) is 1.23. The first kappa shape index (κ1) is 13.3. The van der Waals surface area contributed by atoms with Crippen LogP contribution in [-0.2, 0) is 10.0 Å². The van der Waals surface area contributed by atoms with Gasteiger partial charge in [-0.2, -0.15) is 4.72 Å². The topological polar surface area (TPSA) is 59.1 Å². The number of pyridine rings is 1. The number of rotatable bonds is 3. The van der Waals surface area contributed by atoms with E-state index in [0.29, 0.717) is 0 Å². The van der Waals surface area contributed by atoms with Gasteiger partial charge in [0.15, 0.2) is 0 Å². The fraction of sp³-hybridized carbons (Fsp3) is 0.222. The molecule has 1 N–H and O–H groups in total.